The number of nitrogens with zero attached hydrogens (tertiary/aromatic N) is 1. The van der Waals surface area contributed by atoms with E-state index in [0.29, 0.717) is 18.0 Å². The van der Waals surface area contributed by atoms with Gasteiger partial charge in [-0.2, -0.15) is 0 Å². The first-order valence-corrected chi connectivity index (χ1v) is 10.1. The van der Waals surface area contributed by atoms with Crippen LogP contribution in [0.3, 0.4) is 0 Å². The molecule has 0 unspecified atom stereocenters. The largest absolute Gasteiger partial charge is 0.368 e. The molecular weight excluding hydrogens is 346 g/mol. The van der Waals surface area contributed by atoms with E-state index in [9.17, 15) is 4.79 Å². The second kappa shape index (κ2) is 7.10. The minimum absolute atomic E-state index is 0.0873. The van der Waals surface area contributed by atoms with Gasteiger partial charge in [-0.25, -0.2) is 4.98 Å². The lowest BCUT2D eigenvalue weighted by Gasteiger charge is -2.34. The summed E-state index contributed by atoms with van der Waals surface area (Å²) in [4.78, 5) is 18.7. The van der Waals surface area contributed by atoms with Crippen LogP contribution in [0.15, 0.2) is 18.2 Å². The Kier molecular flexibility index (Phi) is 4.82. The standard InChI is InChI=1S/C20H25N3O2S/c1-13-17(16-7-6-14-4-3-5-15(14)12-16)22-19(26-13)23-18(24)20(25-2)8-10-21-11-9-20/h6-7,12,21H,3-5,8-11H2,1-2H3,(H,22,23,24). The molecule has 2 aliphatic rings. The number of carbonyl (C=O) groups excluding carboxylic acids is 1. The van der Waals surface area contributed by atoms with Crippen molar-refractivity contribution in [2.45, 2.75) is 44.6 Å². The van der Waals surface area contributed by atoms with E-state index >= 15 is 0 Å². The molecule has 0 bridgehead atoms. The van der Waals surface area contributed by atoms with Crippen molar-refractivity contribution in [2.24, 2.45) is 0 Å². The molecule has 1 amide bonds. The Morgan fingerprint density at radius 1 is 1.27 bits per heavy atom. The summed E-state index contributed by atoms with van der Waals surface area (Å²) in [5, 5.41) is 6.93. The lowest BCUT2D eigenvalue weighted by Crippen LogP contribution is -2.51. The third-order valence-electron chi connectivity index (χ3n) is 5.60. The molecule has 1 aromatic carbocycles. The first-order valence-electron chi connectivity index (χ1n) is 9.28. The lowest BCUT2D eigenvalue weighted by atomic mass is 9.91. The molecule has 1 aliphatic carbocycles. The van der Waals surface area contributed by atoms with E-state index in [2.05, 4.69) is 35.8 Å². The van der Waals surface area contributed by atoms with Crippen molar-refractivity contribution < 1.29 is 9.53 Å². The van der Waals surface area contributed by atoms with E-state index in [0.717, 1.165) is 35.6 Å². The molecule has 0 atom stereocenters. The number of hydrogen-bond donors (Lipinski definition) is 2. The second-order valence-electron chi connectivity index (χ2n) is 7.16. The summed E-state index contributed by atoms with van der Waals surface area (Å²) in [6.07, 6.45) is 4.93. The highest BCUT2D eigenvalue weighted by atomic mass is 32.1. The predicted octanol–water partition coefficient (Wildman–Crippen LogP) is 3.31. The van der Waals surface area contributed by atoms with Gasteiger partial charge >= 0.3 is 0 Å². The molecule has 1 aromatic heterocycles. The number of aryl methyl sites for hydroxylation is 3. The second-order valence-corrected chi connectivity index (χ2v) is 8.37. The molecule has 0 saturated carbocycles. The first-order chi connectivity index (χ1) is 12.6. The molecule has 26 heavy (non-hydrogen) atoms. The van der Waals surface area contributed by atoms with Gasteiger partial charge in [0.1, 0.15) is 5.60 Å². The highest BCUT2D eigenvalue weighted by Gasteiger charge is 2.40. The van der Waals surface area contributed by atoms with Crippen molar-refractivity contribution in [2.75, 3.05) is 25.5 Å². The van der Waals surface area contributed by atoms with E-state index in [4.69, 9.17) is 9.72 Å². The van der Waals surface area contributed by atoms with Crippen LogP contribution in [0.2, 0.25) is 0 Å². The Hall–Kier alpha value is -1.76. The van der Waals surface area contributed by atoms with Crippen LogP contribution in [-0.2, 0) is 22.4 Å². The molecule has 0 spiro atoms. The molecule has 0 radical (unpaired) electrons. The number of methoxy groups -OCH3 is 1. The number of fused-ring (bicyclic) bond motifs is 1. The highest BCUT2D eigenvalue weighted by Crippen LogP contribution is 2.34. The van der Waals surface area contributed by atoms with Crippen LogP contribution in [0.25, 0.3) is 11.3 Å². The maximum atomic E-state index is 12.8. The van der Waals surface area contributed by atoms with Crippen LogP contribution in [-0.4, -0.2) is 36.7 Å². The molecule has 1 fully saturated rings. The summed E-state index contributed by atoms with van der Waals surface area (Å²) in [6.45, 7) is 3.64. The van der Waals surface area contributed by atoms with Gasteiger partial charge in [0, 0.05) is 17.6 Å². The normalized spacial score (nSPS) is 18.5. The number of aromatic nitrogens is 1. The molecule has 2 heterocycles. The molecule has 6 heteroatoms. The molecular formula is C20H25N3O2S. The number of nitrogens with one attached hydrogen (secondary N) is 2. The van der Waals surface area contributed by atoms with Crippen molar-refractivity contribution in [3.8, 4) is 11.3 Å². The van der Waals surface area contributed by atoms with Gasteiger partial charge in [-0.05, 0) is 69.3 Å². The Labute approximate surface area is 158 Å². The first kappa shape index (κ1) is 17.6. The zero-order chi connectivity index (χ0) is 18.1. The van der Waals surface area contributed by atoms with Crippen LogP contribution >= 0.6 is 11.3 Å². The Balaban J connectivity index is 1.56. The molecule has 4 rings (SSSR count). The number of anilines is 1. The fourth-order valence-electron chi connectivity index (χ4n) is 4.00. The minimum Gasteiger partial charge on any atom is -0.368 e. The molecule has 2 aromatic rings. The summed E-state index contributed by atoms with van der Waals surface area (Å²) in [6, 6.07) is 6.64. The van der Waals surface area contributed by atoms with Crippen LogP contribution in [0.5, 0.6) is 0 Å². The fourth-order valence-corrected chi connectivity index (χ4v) is 4.83. The number of amides is 1. The van der Waals surface area contributed by atoms with Gasteiger partial charge in [-0.3, -0.25) is 10.1 Å². The number of hydrogen-bond acceptors (Lipinski definition) is 5. The zero-order valence-electron chi connectivity index (χ0n) is 15.4. The SMILES string of the molecule is COC1(C(=O)Nc2nc(-c3ccc4c(c3)CCC4)c(C)s2)CCNCC1. The van der Waals surface area contributed by atoms with Gasteiger partial charge in [-0.15, -0.1) is 11.3 Å². The van der Waals surface area contributed by atoms with Gasteiger partial charge in [0.05, 0.1) is 5.69 Å². The molecule has 1 aliphatic heterocycles. The van der Waals surface area contributed by atoms with Crippen molar-refractivity contribution in [1.29, 1.82) is 0 Å². The molecule has 138 valence electrons. The van der Waals surface area contributed by atoms with Crippen LogP contribution < -0.4 is 10.6 Å². The number of ether oxygens (including phenoxy) is 1. The van der Waals surface area contributed by atoms with E-state index < -0.39 is 5.60 Å². The van der Waals surface area contributed by atoms with Crippen LogP contribution in [0.1, 0.15) is 35.3 Å². The van der Waals surface area contributed by atoms with Gasteiger partial charge < -0.3 is 10.1 Å². The van der Waals surface area contributed by atoms with Crippen LogP contribution in [0.4, 0.5) is 5.13 Å². The summed E-state index contributed by atoms with van der Waals surface area (Å²) >= 11 is 1.53. The molecule has 2 N–H and O–H groups in total. The Bertz CT molecular complexity index is 824. The van der Waals surface area contributed by atoms with E-state index in [1.165, 1.54) is 35.3 Å². The third-order valence-corrected chi connectivity index (χ3v) is 6.49. The number of piperidine rings is 1. The highest BCUT2D eigenvalue weighted by molar-refractivity contribution is 7.16. The fraction of sp³-hybridized carbons (Fsp3) is 0.500. The Morgan fingerprint density at radius 2 is 2.04 bits per heavy atom. The summed E-state index contributed by atoms with van der Waals surface area (Å²) < 4.78 is 5.61. The van der Waals surface area contributed by atoms with Gasteiger partial charge in [0.25, 0.3) is 5.91 Å². The summed E-state index contributed by atoms with van der Waals surface area (Å²) in [5.74, 6) is -0.0873. The zero-order valence-corrected chi connectivity index (χ0v) is 16.2. The maximum absolute atomic E-state index is 12.8. The maximum Gasteiger partial charge on any atom is 0.258 e. The minimum atomic E-state index is -0.751. The summed E-state index contributed by atoms with van der Waals surface area (Å²) in [7, 11) is 1.62. The smallest absolute Gasteiger partial charge is 0.258 e. The number of benzene rings is 1. The average Bonchev–Trinajstić information content (AvgIpc) is 3.27. The number of thiazole rings is 1. The van der Waals surface area contributed by atoms with Crippen molar-refractivity contribution in [3.63, 3.8) is 0 Å². The van der Waals surface area contributed by atoms with E-state index in [1.54, 1.807) is 7.11 Å². The molecule has 1 saturated heterocycles. The monoisotopic (exact) mass is 371 g/mol. The molecule has 5 nitrogen and oxygen atoms in total. The van der Waals surface area contributed by atoms with Crippen molar-refractivity contribution >= 4 is 22.4 Å². The Morgan fingerprint density at radius 3 is 2.81 bits per heavy atom. The topological polar surface area (TPSA) is 63.2 Å². The average molecular weight is 372 g/mol. The quantitative estimate of drug-likeness (QED) is 0.865. The van der Waals surface area contributed by atoms with E-state index in [1.807, 2.05) is 0 Å². The van der Waals surface area contributed by atoms with Gasteiger partial charge in [0.15, 0.2) is 5.13 Å². The number of carbonyl (C=O) groups is 1. The number of rotatable bonds is 4. The van der Waals surface area contributed by atoms with Gasteiger partial charge in [0.2, 0.25) is 0 Å². The van der Waals surface area contributed by atoms with Crippen molar-refractivity contribution in [1.82, 2.24) is 10.3 Å². The third kappa shape index (κ3) is 3.17. The van der Waals surface area contributed by atoms with Crippen molar-refractivity contribution in [3.05, 3.63) is 34.2 Å². The lowest BCUT2D eigenvalue weighted by molar-refractivity contribution is -0.140. The van der Waals surface area contributed by atoms with E-state index in [-0.39, 0.29) is 5.91 Å². The van der Waals surface area contributed by atoms with Gasteiger partial charge in [-0.1, -0.05) is 12.1 Å². The van der Waals surface area contributed by atoms with Crippen LogP contribution in [0, 0.1) is 6.92 Å². The summed E-state index contributed by atoms with van der Waals surface area (Å²) in [5.41, 5.74) is 4.26. The predicted molar refractivity (Wildman–Crippen MR) is 105 cm³/mol.